The van der Waals surface area contributed by atoms with Gasteiger partial charge in [-0.05, 0) is 36.5 Å². The van der Waals surface area contributed by atoms with Crippen molar-refractivity contribution in [3.8, 4) is 0 Å². The minimum Gasteiger partial charge on any atom is -0.388 e. The summed E-state index contributed by atoms with van der Waals surface area (Å²) in [5.74, 6) is 0.513. The predicted molar refractivity (Wildman–Crippen MR) is 51.8 cm³/mol. The Morgan fingerprint density at radius 1 is 1.42 bits per heavy atom. The van der Waals surface area contributed by atoms with E-state index in [1.165, 1.54) is 12.8 Å². The fraction of sp³-hybridized carbons (Fsp3) is 0.400. The van der Waals surface area contributed by atoms with Crippen molar-refractivity contribution in [2.24, 2.45) is 5.92 Å². The van der Waals surface area contributed by atoms with Crippen molar-refractivity contribution in [2.45, 2.75) is 18.9 Å². The van der Waals surface area contributed by atoms with Gasteiger partial charge >= 0.3 is 0 Å². The minimum absolute atomic E-state index is 0.248. The third kappa shape index (κ3) is 1.70. The van der Waals surface area contributed by atoms with Crippen molar-refractivity contribution in [3.63, 3.8) is 0 Å². The second-order valence-corrected chi connectivity index (χ2v) is 4.25. The van der Waals surface area contributed by atoms with Crippen molar-refractivity contribution in [3.05, 3.63) is 34.3 Å². The summed E-state index contributed by atoms with van der Waals surface area (Å²) in [6.45, 7) is 0. The molecule has 1 nitrogen and oxygen atoms in total. The van der Waals surface area contributed by atoms with Gasteiger partial charge in [0, 0.05) is 4.47 Å². The van der Waals surface area contributed by atoms with Gasteiger partial charge in [0.25, 0.3) is 0 Å². The van der Waals surface area contributed by atoms with E-state index in [0.717, 1.165) is 10.0 Å². The molecule has 0 heterocycles. The second kappa shape index (κ2) is 3.19. The molecule has 0 radical (unpaired) electrons. The Morgan fingerprint density at radius 3 is 2.75 bits per heavy atom. The number of halogens is 1. The molecule has 0 bridgehead atoms. The van der Waals surface area contributed by atoms with E-state index in [0.29, 0.717) is 5.92 Å². The first-order valence-corrected chi connectivity index (χ1v) is 5.00. The van der Waals surface area contributed by atoms with Gasteiger partial charge in [0.2, 0.25) is 0 Å². The molecule has 1 aliphatic rings. The van der Waals surface area contributed by atoms with Crippen molar-refractivity contribution in [1.29, 1.82) is 0 Å². The van der Waals surface area contributed by atoms with E-state index in [4.69, 9.17) is 0 Å². The number of hydrogen-bond acceptors (Lipinski definition) is 1. The molecule has 1 atom stereocenters. The van der Waals surface area contributed by atoms with E-state index >= 15 is 0 Å². The molecule has 0 saturated heterocycles. The van der Waals surface area contributed by atoms with Crippen LogP contribution in [0.1, 0.15) is 24.5 Å². The molecule has 1 aliphatic carbocycles. The van der Waals surface area contributed by atoms with Crippen LogP contribution in [-0.4, -0.2) is 5.11 Å². The van der Waals surface area contributed by atoms with Crippen LogP contribution in [0.2, 0.25) is 0 Å². The van der Waals surface area contributed by atoms with Crippen molar-refractivity contribution in [2.75, 3.05) is 0 Å². The summed E-state index contributed by atoms with van der Waals surface area (Å²) in [6, 6.07) is 7.91. The lowest BCUT2D eigenvalue weighted by molar-refractivity contribution is 0.154. The monoisotopic (exact) mass is 226 g/mol. The average Bonchev–Trinajstić information content (AvgIpc) is 2.85. The summed E-state index contributed by atoms with van der Waals surface area (Å²) in [5, 5.41) is 9.76. The largest absolute Gasteiger partial charge is 0.388 e. The third-order valence-corrected chi connectivity index (χ3v) is 2.75. The molecule has 12 heavy (non-hydrogen) atoms. The van der Waals surface area contributed by atoms with Crippen LogP contribution in [0.25, 0.3) is 0 Å². The number of hydrogen-bond donors (Lipinski definition) is 1. The molecular weight excluding hydrogens is 216 g/mol. The summed E-state index contributed by atoms with van der Waals surface area (Å²) >= 11 is 3.39. The summed E-state index contributed by atoms with van der Waals surface area (Å²) in [5.41, 5.74) is 1.03. The Balaban J connectivity index is 2.20. The molecular formula is C10H11BrO. The maximum Gasteiger partial charge on any atom is 0.0818 e. The first kappa shape index (κ1) is 8.27. The molecule has 2 heteroatoms. The normalized spacial score (nSPS) is 19.2. The summed E-state index contributed by atoms with van der Waals surface area (Å²) in [4.78, 5) is 0. The van der Waals surface area contributed by atoms with Crippen LogP contribution in [0, 0.1) is 5.92 Å². The third-order valence-electron chi connectivity index (χ3n) is 2.26. The lowest BCUT2D eigenvalue weighted by Crippen LogP contribution is -1.98. The second-order valence-electron chi connectivity index (χ2n) is 3.34. The zero-order chi connectivity index (χ0) is 8.55. The first-order valence-electron chi connectivity index (χ1n) is 4.21. The Morgan fingerprint density at radius 2 is 2.17 bits per heavy atom. The van der Waals surface area contributed by atoms with E-state index in [9.17, 15) is 5.11 Å². The zero-order valence-corrected chi connectivity index (χ0v) is 8.29. The highest BCUT2D eigenvalue weighted by atomic mass is 79.9. The van der Waals surface area contributed by atoms with Crippen LogP contribution in [-0.2, 0) is 0 Å². The fourth-order valence-electron chi connectivity index (χ4n) is 1.37. The minimum atomic E-state index is -0.248. The molecule has 0 spiro atoms. The topological polar surface area (TPSA) is 20.2 Å². The maximum atomic E-state index is 9.76. The van der Waals surface area contributed by atoms with Gasteiger partial charge in [-0.1, -0.05) is 28.1 Å². The summed E-state index contributed by atoms with van der Waals surface area (Å²) in [6.07, 6.45) is 2.10. The van der Waals surface area contributed by atoms with Crippen LogP contribution in [0.4, 0.5) is 0 Å². The zero-order valence-electron chi connectivity index (χ0n) is 6.70. The fourth-order valence-corrected chi connectivity index (χ4v) is 1.79. The maximum absolute atomic E-state index is 9.76. The smallest absolute Gasteiger partial charge is 0.0818 e. The Hall–Kier alpha value is -0.340. The Labute approximate surface area is 80.5 Å². The average molecular weight is 227 g/mol. The SMILES string of the molecule is O[C@@H](c1cccc(Br)c1)C1CC1. The molecule has 2 rings (SSSR count). The van der Waals surface area contributed by atoms with Gasteiger partial charge < -0.3 is 5.11 Å². The summed E-state index contributed by atoms with van der Waals surface area (Å²) < 4.78 is 1.04. The van der Waals surface area contributed by atoms with E-state index in [1.807, 2.05) is 24.3 Å². The molecule has 1 fully saturated rings. The van der Waals surface area contributed by atoms with E-state index in [2.05, 4.69) is 15.9 Å². The highest BCUT2D eigenvalue weighted by Crippen LogP contribution is 2.41. The van der Waals surface area contributed by atoms with E-state index < -0.39 is 0 Å². The molecule has 1 saturated carbocycles. The molecule has 1 aromatic carbocycles. The van der Waals surface area contributed by atoms with Crippen LogP contribution >= 0.6 is 15.9 Å². The number of aliphatic hydroxyl groups excluding tert-OH is 1. The van der Waals surface area contributed by atoms with Gasteiger partial charge in [-0.25, -0.2) is 0 Å². The molecule has 0 aliphatic heterocycles. The predicted octanol–water partition coefficient (Wildman–Crippen LogP) is 2.89. The van der Waals surface area contributed by atoms with Gasteiger partial charge in [0.15, 0.2) is 0 Å². The van der Waals surface area contributed by atoms with Crippen molar-refractivity contribution in [1.82, 2.24) is 0 Å². The standard InChI is InChI=1S/C10H11BrO/c11-9-3-1-2-8(6-9)10(12)7-4-5-7/h1-3,6-7,10,12H,4-5H2/t10-/m1/s1. The van der Waals surface area contributed by atoms with Gasteiger partial charge in [0.05, 0.1) is 6.10 Å². The Bertz CT molecular complexity index is 281. The van der Waals surface area contributed by atoms with E-state index in [-0.39, 0.29) is 6.10 Å². The van der Waals surface area contributed by atoms with Crippen LogP contribution in [0.3, 0.4) is 0 Å². The lowest BCUT2D eigenvalue weighted by Gasteiger charge is -2.08. The number of aliphatic hydroxyl groups is 1. The first-order chi connectivity index (χ1) is 5.77. The molecule has 1 N–H and O–H groups in total. The van der Waals surface area contributed by atoms with Crippen LogP contribution in [0.15, 0.2) is 28.7 Å². The molecule has 1 aromatic rings. The quantitative estimate of drug-likeness (QED) is 0.823. The van der Waals surface area contributed by atoms with E-state index in [1.54, 1.807) is 0 Å². The molecule has 0 aromatic heterocycles. The number of benzene rings is 1. The van der Waals surface area contributed by atoms with Gasteiger partial charge in [-0.15, -0.1) is 0 Å². The molecule has 0 unspecified atom stereocenters. The van der Waals surface area contributed by atoms with Crippen molar-refractivity contribution < 1.29 is 5.11 Å². The van der Waals surface area contributed by atoms with Crippen LogP contribution < -0.4 is 0 Å². The van der Waals surface area contributed by atoms with Crippen LogP contribution in [0.5, 0.6) is 0 Å². The van der Waals surface area contributed by atoms with Crippen molar-refractivity contribution >= 4 is 15.9 Å². The summed E-state index contributed by atoms with van der Waals surface area (Å²) in [7, 11) is 0. The number of rotatable bonds is 2. The van der Waals surface area contributed by atoms with Gasteiger partial charge in [0.1, 0.15) is 0 Å². The van der Waals surface area contributed by atoms with Gasteiger partial charge in [-0.3, -0.25) is 0 Å². The highest BCUT2D eigenvalue weighted by Gasteiger charge is 2.30. The highest BCUT2D eigenvalue weighted by molar-refractivity contribution is 9.10. The molecule has 64 valence electrons. The van der Waals surface area contributed by atoms with Gasteiger partial charge in [-0.2, -0.15) is 0 Å². The lowest BCUT2D eigenvalue weighted by atomic mass is 10.1. The molecule has 0 amide bonds. The Kier molecular flexibility index (Phi) is 2.20.